The van der Waals surface area contributed by atoms with Crippen LogP contribution in [-0.2, 0) is 9.53 Å². The molecule has 1 saturated carbocycles. The van der Waals surface area contributed by atoms with Gasteiger partial charge in [-0.25, -0.2) is 0 Å². The first-order chi connectivity index (χ1) is 10.2. The normalized spacial score (nSPS) is 14.0. The zero-order valence-electron chi connectivity index (χ0n) is 12.3. The lowest BCUT2D eigenvalue weighted by Crippen LogP contribution is -2.26. The van der Waals surface area contributed by atoms with Crippen molar-refractivity contribution in [1.82, 2.24) is 5.32 Å². The van der Waals surface area contributed by atoms with Gasteiger partial charge >= 0.3 is 0 Å². The molecular formula is C15H22N2O3S. The summed E-state index contributed by atoms with van der Waals surface area (Å²) in [5.74, 6) is 0.115. The van der Waals surface area contributed by atoms with Gasteiger partial charge in [-0.15, -0.1) is 11.3 Å². The Bertz CT molecular complexity index is 483. The maximum Gasteiger partial charge on any atom is 0.261 e. The maximum absolute atomic E-state index is 11.9. The molecular weight excluding hydrogens is 288 g/mol. The molecule has 2 rings (SSSR count). The lowest BCUT2D eigenvalue weighted by atomic mass is 10.4. The highest BCUT2D eigenvalue weighted by Crippen LogP contribution is 2.31. The van der Waals surface area contributed by atoms with Crippen LogP contribution in [0, 0.1) is 5.92 Å². The molecule has 1 fully saturated rings. The van der Waals surface area contributed by atoms with E-state index in [-0.39, 0.29) is 17.7 Å². The van der Waals surface area contributed by atoms with Crippen LogP contribution in [0.4, 0.5) is 5.00 Å². The molecule has 1 aliphatic rings. The summed E-state index contributed by atoms with van der Waals surface area (Å²) in [5, 5.41) is 6.39. The van der Waals surface area contributed by atoms with Crippen molar-refractivity contribution in [1.29, 1.82) is 0 Å². The van der Waals surface area contributed by atoms with E-state index in [1.807, 2.05) is 0 Å². The molecule has 1 aliphatic carbocycles. The highest BCUT2D eigenvalue weighted by atomic mass is 32.1. The van der Waals surface area contributed by atoms with Gasteiger partial charge in [0.15, 0.2) is 0 Å². The van der Waals surface area contributed by atoms with Crippen LogP contribution in [0.1, 0.15) is 42.3 Å². The molecule has 0 unspecified atom stereocenters. The smallest absolute Gasteiger partial charge is 0.261 e. The van der Waals surface area contributed by atoms with E-state index >= 15 is 0 Å². The number of amides is 2. The number of carbonyl (C=O) groups excluding carboxylic acids is 2. The SMILES string of the molecule is CCCCOCCNC(=O)c1ccc(NC(=O)C2CC2)s1. The number of rotatable bonds is 9. The molecule has 0 radical (unpaired) electrons. The topological polar surface area (TPSA) is 67.4 Å². The van der Waals surface area contributed by atoms with Gasteiger partial charge in [-0.2, -0.15) is 0 Å². The summed E-state index contributed by atoms with van der Waals surface area (Å²) < 4.78 is 5.38. The monoisotopic (exact) mass is 310 g/mol. The highest BCUT2D eigenvalue weighted by molar-refractivity contribution is 7.18. The van der Waals surface area contributed by atoms with Gasteiger partial charge in [-0.05, 0) is 31.4 Å². The van der Waals surface area contributed by atoms with Crippen LogP contribution in [0.25, 0.3) is 0 Å². The summed E-state index contributed by atoms with van der Waals surface area (Å²) in [7, 11) is 0. The standard InChI is InChI=1S/C15H22N2O3S/c1-2-3-9-20-10-8-16-15(19)12-6-7-13(21-12)17-14(18)11-4-5-11/h6-7,11H,2-5,8-10H2,1H3,(H,16,19)(H,17,18). The van der Waals surface area contributed by atoms with E-state index in [1.165, 1.54) is 11.3 Å². The van der Waals surface area contributed by atoms with E-state index in [2.05, 4.69) is 17.6 Å². The minimum Gasteiger partial charge on any atom is -0.380 e. The van der Waals surface area contributed by atoms with Gasteiger partial charge in [0.2, 0.25) is 5.91 Å². The van der Waals surface area contributed by atoms with Gasteiger partial charge in [0.05, 0.1) is 16.5 Å². The van der Waals surface area contributed by atoms with Crippen molar-refractivity contribution in [2.24, 2.45) is 5.92 Å². The molecule has 0 bridgehead atoms. The predicted molar refractivity (Wildman–Crippen MR) is 83.7 cm³/mol. The average Bonchev–Trinajstić information content (AvgIpc) is 3.23. The maximum atomic E-state index is 11.9. The van der Waals surface area contributed by atoms with Crippen molar-refractivity contribution < 1.29 is 14.3 Å². The van der Waals surface area contributed by atoms with Crippen molar-refractivity contribution in [2.45, 2.75) is 32.6 Å². The first-order valence-electron chi connectivity index (χ1n) is 7.47. The molecule has 116 valence electrons. The van der Waals surface area contributed by atoms with Crippen molar-refractivity contribution in [3.8, 4) is 0 Å². The van der Waals surface area contributed by atoms with Crippen LogP contribution in [0.3, 0.4) is 0 Å². The number of ether oxygens (including phenoxy) is 1. The van der Waals surface area contributed by atoms with Crippen LogP contribution in [0.15, 0.2) is 12.1 Å². The number of nitrogens with one attached hydrogen (secondary N) is 2. The van der Waals surface area contributed by atoms with Crippen LogP contribution < -0.4 is 10.6 Å². The van der Waals surface area contributed by atoms with Gasteiger partial charge in [-0.1, -0.05) is 13.3 Å². The van der Waals surface area contributed by atoms with Crippen LogP contribution in [0.5, 0.6) is 0 Å². The number of hydrogen-bond donors (Lipinski definition) is 2. The van der Waals surface area contributed by atoms with Crippen molar-refractivity contribution in [2.75, 3.05) is 25.1 Å². The number of carbonyl (C=O) groups is 2. The van der Waals surface area contributed by atoms with Crippen molar-refractivity contribution in [3.05, 3.63) is 17.0 Å². The van der Waals surface area contributed by atoms with Crippen LogP contribution in [-0.4, -0.2) is 31.6 Å². The van der Waals surface area contributed by atoms with Crippen molar-refractivity contribution in [3.63, 3.8) is 0 Å². The second-order valence-electron chi connectivity index (χ2n) is 5.15. The Hall–Kier alpha value is -1.40. The minimum absolute atomic E-state index is 0.0631. The van der Waals surface area contributed by atoms with Gasteiger partial charge in [-0.3, -0.25) is 9.59 Å². The molecule has 0 aliphatic heterocycles. The van der Waals surface area contributed by atoms with Crippen LogP contribution >= 0.6 is 11.3 Å². The second-order valence-corrected chi connectivity index (χ2v) is 6.23. The Morgan fingerprint density at radius 2 is 2.14 bits per heavy atom. The second kappa shape index (κ2) is 8.14. The molecule has 1 aromatic rings. The number of unbranched alkanes of at least 4 members (excludes halogenated alkanes) is 1. The Morgan fingerprint density at radius 3 is 2.86 bits per heavy atom. The fourth-order valence-corrected chi connectivity index (χ4v) is 2.59. The molecule has 2 N–H and O–H groups in total. The molecule has 0 saturated heterocycles. The third-order valence-corrected chi connectivity index (χ3v) is 4.20. The largest absolute Gasteiger partial charge is 0.380 e. The predicted octanol–water partition coefficient (Wildman–Crippen LogP) is 2.64. The molecule has 1 aromatic heterocycles. The Labute approximate surface area is 129 Å². The molecule has 21 heavy (non-hydrogen) atoms. The molecule has 2 amide bonds. The first kappa shape index (κ1) is 16.0. The van der Waals surface area contributed by atoms with Gasteiger partial charge < -0.3 is 15.4 Å². The number of thiophene rings is 1. The van der Waals surface area contributed by atoms with E-state index in [0.29, 0.717) is 18.0 Å². The molecule has 0 atom stereocenters. The molecule has 5 nitrogen and oxygen atoms in total. The average molecular weight is 310 g/mol. The third kappa shape index (κ3) is 5.47. The quantitative estimate of drug-likeness (QED) is 0.689. The van der Waals surface area contributed by atoms with Gasteiger partial charge in [0, 0.05) is 19.1 Å². The zero-order valence-corrected chi connectivity index (χ0v) is 13.1. The third-order valence-electron chi connectivity index (χ3n) is 3.20. The van der Waals surface area contributed by atoms with E-state index in [4.69, 9.17) is 4.74 Å². The lowest BCUT2D eigenvalue weighted by Gasteiger charge is -2.04. The summed E-state index contributed by atoms with van der Waals surface area (Å²) in [6, 6.07) is 3.51. The summed E-state index contributed by atoms with van der Waals surface area (Å²) >= 11 is 1.30. The molecule has 0 spiro atoms. The Kier molecular flexibility index (Phi) is 6.20. The van der Waals surface area contributed by atoms with E-state index in [9.17, 15) is 9.59 Å². The minimum atomic E-state index is -0.119. The lowest BCUT2D eigenvalue weighted by molar-refractivity contribution is -0.117. The zero-order chi connectivity index (χ0) is 15.1. The first-order valence-corrected chi connectivity index (χ1v) is 8.29. The van der Waals surface area contributed by atoms with Gasteiger partial charge in [0.1, 0.15) is 0 Å². The molecule has 6 heteroatoms. The number of hydrogen-bond acceptors (Lipinski definition) is 4. The summed E-state index contributed by atoms with van der Waals surface area (Å²) in [4.78, 5) is 24.1. The Balaban J connectivity index is 1.67. The molecule has 0 aromatic carbocycles. The van der Waals surface area contributed by atoms with Crippen LogP contribution in [0.2, 0.25) is 0 Å². The highest BCUT2D eigenvalue weighted by Gasteiger charge is 2.29. The molecule has 1 heterocycles. The summed E-state index contributed by atoms with van der Waals surface area (Å²) in [6.45, 7) is 3.89. The Morgan fingerprint density at radius 1 is 1.33 bits per heavy atom. The van der Waals surface area contributed by atoms with Gasteiger partial charge in [0.25, 0.3) is 5.91 Å². The summed E-state index contributed by atoms with van der Waals surface area (Å²) in [5.41, 5.74) is 0. The summed E-state index contributed by atoms with van der Waals surface area (Å²) in [6.07, 6.45) is 4.10. The van der Waals surface area contributed by atoms with E-state index < -0.39 is 0 Å². The number of anilines is 1. The fourth-order valence-electron chi connectivity index (χ4n) is 1.77. The van der Waals surface area contributed by atoms with E-state index in [0.717, 1.165) is 37.3 Å². The van der Waals surface area contributed by atoms with E-state index in [1.54, 1.807) is 12.1 Å². The van der Waals surface area contributed by atoms with Crippen molar-refractivity contribution >= 4 is 28.2 Å². The fraction of sp³-hybridized carbons (Fsp3) is 0.600.